The summed E-state index contributed by atoms with van der Waals surface area (Å²) in [5, 5.41) is 3.79. The zero-order chi connectivity index (χ0) is 18.1. The minimum atomic E-state index is -0.305. The number of nitrogens with zero attached hydrogens (tertiary/aromatic N) is 2. The fourth-order valence-corrected chi connectivity index (χ4v) is 3.87. The highest BCUT2D eigenvalue weighted by molar-refractivity contribution is 7.13. The molecule has 2 fully saturated rings. The summed E-state index contributed by atoms with van der Waals surface area (Å²) in [5.74, 6) is 0.183. The second-order valence-corrected chi connectivity index (χ2v) is 7.66. The van der Waals surface area contributed by atoms with Crippen molar-refractivity contribution in [3.63, 3.8) is 0 Å². The number of carbonyl (C=O) groups is 1. The average molecular weight is 377 g/mol. The number of nitrogens with one attached hydrogen (secondary N) is 1. The second-order valence-electron chi connectivity index (χ2n) is 6.58. The number of carbonyl (C=O) groups excluding carboxylic acids is 1. The molecule has 138 valence electrons. The minimum Gasteiger partial charge on any atom is -0.486 e. The Morgan fingerprint density at radius 2 is 2.12 bits per heavy atom. The first-order valence-corrected chi connectivity index (χ1v) is 9.37. The molecule has 0 spiro atoms. The lowest BCUT2D eigenvalue weighted by molar-refractivity contribution is -0.0921. The number of aromatic nitrogens is 1. The van der Waals surface area contributed by atoms with E-state index in [9.17, 15) is 9.18 Å². The van der Waals surface area contributed by atoms with E-state index in [0.717, 1.165) is 31.3 Å². The number of ether oxygens (including phenoxy) is 2. The van der Waals surface area contributed by atoms with Crippen LogP contribution in [0.3, 0.4) is 0 Å². The molecule has 1 aromatic carbocycles. The third-order valence-corrected chi connectivity index (χ3v) is 5.73. The Morgan fingerprint density at radius 1 is 1.38 bits per heavy atom. The molecule has 8 heteroatoms. The molecular formula is C18H20FN3O3S. The Balaban J connectivity index is 1.29. The molecule has 2 saturated heterocycles. The highest BCUT2D eigenvalue weighted by Crippen LogP contribution is 2.22. The average Bonchev–Trinajstić information content (AvgIpc) is 2.91. The normalized spacial score (nSPS) is 18.2. The fourth-order valence-electron chi connectivity index (χ4n) is 2.99. The smallest absolute Gasteiger partial charge is 0.263 e. The van der Waals surface area contributed by atoms with Gasteiger partial charge in [-0.3, -0.25) is 9.69 Å². The summed E-state index contributed by atoms with van der Waals surface area (Å²) < 4.78 is 23.7. The number of rotatable bonds is 6. The monoisotopic (exact) mass is 377 g/mol. The molecule has 2 aliphatic heterocycles. The van der Waals surface area contributed by atoms with Crippen LogP contribution in [0.2, 0.25) is 0 Å². The van der Waals surface area contributed by atoms with Crippen LogP contribution in [0.4, 0.5) is 4.39 Å². The first kappa shape index (κ1) is 17.4. The molecule has 0 saturated carbocycles. The zero-order valence-corrected chi connectivity index (χ0v) is 15.2. The third kappa shape index (κ3) is 3.72. The van der Waals surface area contributed by atoms with Crippen LogP contribution in [-0.2, 0) is 11.3 Å². The third-order valence-electron chi connectivity index (χ3n) is 4.60. The summed E-state index contributed by atoms with van der Waals surface area (Å²) >= 11 is 1.33. The Hall–Kier alpha value is -2.03. The van der Waals surface area contributed by atoms with Gasteiger partial charge in [0.15, 0.2) is 0 Å². The van der Waals surface area contributed by atoms with E-state index in [-0.39, 0.29) is 24.4 Å². The van der Waals surface area contributed by atoms with E-state index in [1.807, 2.05) is 6.92 Å². The molecule has 0 bridgehead atoms. The summed E-state index contributed by atoms with van der Waals surface area (Å²) in [7, 11) is 0. The predicted molar refractivity (Wildman–Crippen MR) is 95.0 cm³/mol. The number of likely N-dealkylation sites (tertiary alicyclic amines) is 1. The molecule has 2 aliphatic rings. The zero-order valence-electron chi connectivity index (χ0n) is 14.4. The maximum atomic E-state index is 12.9. The maximum absolute atomic E-state index is 12.9. The summed E-state index contributed by atoms with van der Waals surface area (Å²) in [6.45, 7) is 5.42. The molecule has 1 aromatic heterocycles. The molecule has 1 N–H and O–H groups in total. The molecule has 4 rings (SSSR count). The minimum absolute atomic E-state index is 0.0810. The van der Waals surface area contributed by atoms with Crippen LogP contribution in [-0.4, -0.2) is 54.2 Å². The standard InChI is InChI=1S/C18H20FN3O3S/c1-11-17(18(23)21-13-6-22(7-13)14-8-24-9-14)26-16(20-11)10-25-15-4-2-12(19)3-5-15/h2-5,13-14H,6-10H2,1H3,(H,21,23). The van der Waals surface area contributed by atoms with E-state index in [2.05, 4.69) is 15.2 Å². The quantitative estimate of drug-likeness (QED) is 0.834. The first-order valence-electron chi connectivity index (χ1n) is 8.56. The van der Waals surface area contributed by atoms with E-state index in [1.54, 1.807) is 12.1 Å². The van der Waals surface area contributed by atoms with Gasteiger partial charge < -0.3 is 14.8 Å². The predicted octanol–water partition coefficient (Wildman–Crippen LogP) is 1.98. The van der Waals surface area contributed by atoms with Gasteiger partial charge in [0.1, 0.15) is 28.1 Å². The van der Waals surface area contributed by atoms with Crippen LogP contribution in [0.25, 0.3) is 0 Å². The lowest BCUT2D eigenvalue weighted by Gasteiger charge is -2.47. The van der Waals surface area contributed by atoms with Gasteiger partial charge >= 0.3 is 0 Å². The SMILES string of the molecule is Cc1nc(COc2ccc(F)cc2)sc1C(=O)NC1CN(C2COC2)C1. The largest absolute Gasteiger partial charge is 0.486 e. The van der Waals surface area contributed by atoms with Gasteiger partial charge in [-0.25, -0.2) is 9.37 Å². The van der Waals surface area contributed by atoms with Gasteiger partial charge in [0.05, 0.1) is 31.0 Å². The van der Waals surface area contributed by atoms with E-state index in [1.165, 1.54) is 23.5 Å². The Morgan fingerprint density at radius 3 is 2.77 bits per heavy atom. The number of aryl methyl sites for hydroxylation is 1. The molecule has 0 unspecified atom stereocenters. The van der Waals surface area contributed by atoms with Crippen molar-refractivity contribution in [2.24, 2.45) is 0 Å². The van der Waals surface area contributed by atoms with E-state index in [4.69, 9.17) is 9.47 Å². The van der Waals surface area contributed by atoms with Gasteiger partial charge in [-0.1, -0.05) is 0 Å². The van der Waals surface area contributed by atoms with Crippen molar-refractivity contribution in [2.75, 3.05) is 26.3 Å². The highest BCUT2D eigenvalue weighted by atomic mass is 32.1. The van der Waals surface area contributed by atoms with Crippen molar-refractivity contribution in [2.45, 2.75) is 25.6 Å². The lowest BCUT2D eigenvalue weighted by atomic mass is 10.0. The molecule has 2 aromatic rings. The van der Waals surface area contributed by atoms with Crippen molar-refractivity contribution in [1.82, 2.24) is 15.2 Å². The van der Waals surface area contributed by atoms with Crippen molar-refractivity contribution >= 4 is 17.2 Å². The summed E-state index contributed by atoms with van der Waals surface area (Å²) in [6.07, 6.45) is 0. The van der Waals surface area contributed by atoms with Crippen LogP contribution in [0.1, 0.15) is 20.4 Å². The van der Waals surface area contributed by atoms with Crippen molar-refractivity contribution < 1.29 is 18.7 Å². The number of benzene rings is 1. The molecule has 0 radical (unpaired) electrons. The highest BCUT2D eigenvalue weighted by Gasteiger charge is 2.36. The molecule has 3 heterocycles. The topological polar surface area (TPSA) is 63.7 Å². The molecule has 0 aliphatic carbocycles. The van der Waals surface area contributed by atoms with Gasteiger partial charge in [0.2, 0.25) is 0 Å². The van der Waals surface area contributed by atoms with E-state index < -0.39 is 0 Å². The summed E-state index contributed by atoms with van der Waals surface area (Å²) in [4.78, 5) is 19.8. The van der Waals surface area contributed by atoms with Gasteiger partial charge in [0, 0.05) is 13.1 Å². The van der Waals surface area contributed by atoms with Crippen molar-refractivity contribution in [3.05, 3.63) is 45.7 Å². The molecule has 1 amide bonds. The summed E-state index contributed by atoms with van der Waals surface area (Å²) in [6, 6.07) is 6.53. The molecule has 6 nitrogen and oxygen atoms in total. The molecule has 26 heavy (non-hydrogen) atoms. The van der Waals surface area contributed by atoms with Crippen LogP contribution in [0.15, 0.2) is 24.3 Å². The van der Waals surface area contributed by atoms with Gasteiger partial charge in [-0.2, -0.15) is 0 Å². The van der Waals surface area contributed by atoms with E-state index in [0.29, 0.717) is 22.4 Å². The first-order chi connectivity index (χ1) is 12.6. The van der Waals surface area contributed by atoms with Gasteiger partial charge in [0.25, 0.3) is 5.91 Å². The van der Waals surface area contributed by atoms with Crippen molar-refractivity contribution in [1.29, 1.82) is 0 Å². The molecular weight excluding hydrogens is 357 g/mol. The van der Waals surface area contributed by atoms with E-state index >= 15 is 0 Å². The van der Waals surface area contributed by atoms with Crippen LogP contribution >= 0.6 is 11.3 Å². The maximum Gasteiger partial charge on any atom is 0.263 e. The van der Waals surface area contributed by atoms with Gasteiger partial charge in [-0.05, 0) is 31.2 Å². The number of amides is 1. The van der Waals surface area contributed by atoms with Crippen LogP contribution < -0.4 is 10.1 Å². The van der Waals surface area contributed by atoms with Gasteiger partial charge in [-0.15, -0.1) is 11.3 Å². The summed E-state index contributed by atoms with van der Waals surface area (Å²) in [5.41, 5.74) is 0.703. The second kappa shape index (κ2) is 7.30. The Kier molecular flexibility index (Phi) is 4.88. The molecule has 0 atom stereocenters. The number of hydrogen-bond acceptors (Lipinski definition) is 6. The fraction of sp³-hybridized carbons (Fsp3) is 0.444. The number of hydrogen-bond donors (Lipinski definition) is 1. The Labute approximate surface area is 154 Å². The van der Waals surface area contributed by atoms with Crippen LogP contribution in [0.5, 0.6) is 5.75 Å². The van der Waals surface area contributed by atoms with Crippen LogP contribution in [0, 0.1) is 12.7 Å². The number of thiazole rings is 1. The number of halogens is 1. The lowest BCUT2D eigenvalue weighted by Crippen LogP contribution is -2.66. The van der Waals surface area contributed by atoms with Crippen molar-refractivity contribution in [3.8, 4) is 5.75 Å². The Bertz CT molecular complexity index is 785.